The second-order valence-electron chi connectivity index (χ2n) is 8.43. The summed E-state index contributed by atoms with van der Waals surface area (Å²) in [6.45, 7) is 2.85. The number of nitrogen functional groups attached to an aromatic ring is 2. The molecule has 199 valence electrons. The summed E-state index contributed by atoms with van der Waals surface area (Å²) in [5, 5.41) is 0. The quantitative estimate of drug-likeness (QED) is 0.177. The Bertz CT molecular complexity index is 1380. The molecule has 5 rings (SSSR count). The Balaban J connectivity index is 0.000000203. The van der Waals surface area contributed by atoms with Gasteiger partial charge in [-0.25, -0.2) is 4.98 Å². The van der Waals surface area contributed by atoms with E-state index >= 15 is 0 Å². The van der Waals surface area contributed by atoms with Crippen LogP contribution in [0.15, 0.2) is 127 Å². The van der Waals surface area contributed by atoms with Crippen LogP contribution in [-0.4, -0.2) is 16.6 Å². The summed E-state index contributed by atoms with van der Waals surface area (Å²) in [4.78, 5) is 25.6. The van der Waals surface area contributed by atoms with Gasteiger partial charge in [0.25, 0.3) is 0 Å². The molecular formula is C33H31CoN3O2. The molecule has 39 heavy (non-hydrogen) atoms. The molecule has 1 aromatic heterocycles. The van der Waals surface area contributed by atoms with Crippen molar-refractivity contribution in [1.29, 1.82) is 0 Å². The molecule has 1 radical (unpaired) electrons. The van der Waals surface area contributed by atoms with Gasteiger partial charge in [-0.1, -0.05) is 103 Å². The average molecular weight is 561 g/mol. The third-order valence-corrected chi connectivity index (χ3v) is 5.56. The largest absolute Gasteiger partial charge is 0.398 e. The third-order valence-electron chi connectivity index (χ3n) is 5.56. The topological polar surface area (TPSA) is 99.1 Å². The Morgan fingerprint density at radius 1 is 0.487 bits per heavy atom. The predicted octanol–water partition coefficient (Wildman–Crippen LogP) is 7.36. The fraction of sp³-hybridized carbons (Fsp3) is 0.0606. The van der Waals surface area contributed by atoms with Gasteiger partial charge >= 0.3 is 0 Å². The number of ketones is 2. The van der Waals surface area contributed by atoms with E-state index < -0.39 is 0 Å². The van der Waals surface area contributed by atoms with Gasteiger partial charge in [0.2, 0.25) is 0 Å². The number of benzene rings is 4. The van der Waals surface area contributed by atoms with Crippen molar-refractivity contribution < 1.29 is 26.4 Å². The monoisotopic (exact) mass is 560 g/mol. The number of para-hydroxylation sites is 2. The maximum atomic E-state index is 10.8. The molecule has 5 nitrogen and oxygen atoms in total. The van der Waals surface area contributed by atoms with Crippen LogP contribution in [0.3, 0.4) is 0 Å². The van der Waals surface area contributed by atoms with Gasteiger partial charge in [-0.3, -0.25) is 9.59 Å². The average Bonchev–Trinajstić information content (AvgIpc) is 2.95. The molecule has 0 fully saturated rings. The maximum Gasteiger partial charge on any atom is 0.178 e. The van der Waals surface area contributed by atoms with Gasteiger partial charge < -0.3 is 11.5 Å². The fourth-order valence-electron chi connectivity index (χ4n) is 3.58. The fourth-order valence-corrected chi connectivity index (χ4v) is 3.58. The number of hydrogen-bond acceptors (Lipinski definition) is 5. The number of hydrogen-bond donors (Lipinski definition) is 2. The number of Topliss-reactive ketones (excluding diaryl/α,β-unsaturated/α-hetero) is 2. The molecule has 0 saturated carbocycles. The minimum Gasteiger partial charge on any atom is -0.398 e. The van der Waals surface area contributed by atoms with Crippen LogP contribution in [-0.2, 0) is 16.8 Å². The van der Waals surface area contributed by atoms with Crippen LogP contribution in [0.1, 0.15) is 34.8 Å². The van der Waals surface area contributed by atoms with Crippen molar-refractivity contribution in [3.63, 3.8) is 0 Å². The van der Waals surface area contributed by atoms with E-state index in [1.807, 2.05) is 84.9 Å². The van der Waals surface area contributed by atoms with Gasteiger partial charge in [-0.15, -0.1) is 0 Å². The van der Waals surface area contributed by atoms with Gasteiger partial charge in [0.15, 0.2) is 11.6 Å². The third kappa shape index (κ3) is 9.38. The van der Waals surface area contributed by atoms with Crippen LogP contribution >= 0.6 is 0 Å². The molecule has 0 unspecified atom stereocenters. The van der Waals surface area contributed by atoms with E-state index in [0.29, 0.717) is 11.4 Å². The van der Waals surface area contributed by atoms with Crippen molar-refractivity contribution >= 4 is 22.9 Å². The summed E-state index contributed by atoms with van der Waals surface area (Å²) < 4.78 is 0. The minimum absolute atomic E-state index is 0. The maximum absolute atomic E-state index is 10.8. The van der Waals surface area contributed by atoms with E-state index in [-0.39, 0.29) is 28.3 Å². The zero-order valence-corrected chi connectivity index (χ0v) is 22.9. The van der Waals surface area contributed by atoms with E-state index in [9.17, 15) is 9.59 Å². The Morgan fingerprint density at radius 2 is 0.821 bits per heavy atom. The Labute approximate surface area is 240 Å². The number of pyridine rings is 1. The second kappa shape index (κ2) is 15.7. The molecule has 6 heteroatoms. The van der Waals surface area contributed by atoms with Crippen molar-refractivity contribution in [2.24, 2.45) is 0 Å². The number of rotatable bonds is 4. The van der Waals surface area contributed by atoms with Crippen LogP contribution in [0.2, 0.25) is 0 Å². The van der Waals surface area contributed by atoms with Crippen molar-refractivity contribution in [3.8, 4) is 22.3 Å². The molecule has 0 spiro atoms. The van der Waals surface area contributed by atoms with Crippen molar-refractivity contribution in [2.45, 2.75) is 13.8 Å². The predicted molar refractivity (Wildman–Crippen MR) is 157 cm³/mol. The Kier molecular flexibility index (Phi) is 12.3. The van der Waals surface area contributed by atoms with Crippen LogP contribution in [0.5, 0.6) is 0 Å². The molecule has 0 aliphatic heterocycles. The number of nitrogens with two attached hydrogens (primary N) is 2. The first-order valence-electron chi connectivity index (χ1n) is 12.2. The van der Waals surface area contributed by atoms with Gasteiger partial charge in [0, 0.05) is 53.1 Å². The molecule has 4 N–H and O–H groups in total. The molecule has 4 aromatic carbocycles. The van der Waals surface area contributed by atoms with E-state index in [2.05, 4.69) is 29.2 Å². The van der Waals surface area contributed by atoms with Crippen LogP contribution in [0.25, 0.3) is 22.3 Å². The van der Waals surface area contributed by atoms with Crippen LogP contribution < -0.4 is 11.5 Å². The molecule has 0 bridgehead atoms. The molecule has 0 atom stereocenters. The number of carbonyl (C=O) groups is 2. The van der Waals surface area contributed by atoms with E-state index in [4.69, 9.17) is 11.5 Å². The molecular weight excluding hydrogens is 529 g/mol. The number of aromatic nitrogens is 1. The number of carbonyl (C=O) groups excluding carboxylic acids is 2. The zero-order valence-electron chi connectivity index (χ0n) is 21.9. The molecule has 0 aliphatic rings. The van der Waals surface area contributed by atoms with E-state index in [1.165, 1.54) is 25.0 Å². The van der Waals surface area contributed by atoms with Crippen LogP contribution in [0, 0.1) is 0 Å². The molecule has 5 aromatic rings. The van der Waals surface area contributed by atoms with Gasteiger partial charge in [0.1, 0.15) is 11.4 Å². The zero-order chi connectivity index (χ0) is 27.3. The normalized spacial score (nSPS) is 9.49. The van der Waals surface area contributed by atoms with E-state index in [0.717, 1.165) is 22.5 Å². The molecule has 1 heterocycles. The standard InChI is InChI=1S/2C12H11N.C9H9NO2.Co/c2*13-12-9-5-4-8-11(12)10-6-2-1-3-7-10;1-6(11)8-4-3-5-9(10-8)7(2)12;/h2*1-9H,13H2;3-5H,1-2H3;. The van der Waals surface area contributed by atoms with Crippen molar-refractivity contribution in [3.05, 3.63) is 139 Å². The van der Waals surface area contributed by atoms with Gasteiger partial charge in [0.05, 0.1) is 0 Å². The molecule has 0 amide bonds. The Morgan fingerprint density at radius 3 is 1.15 bits per heavy atom. The van der Waals surface area contributed by atoms with E-state index in [1.54, 1.807) is 18.2 Å². The summed E-state index contributed by atoms with van der Waals surface area (Å²) >= 11 is 0. The first-order valence-corrected chi connectivity index (χ1v) is 12.2. The SMILES string of the molecule is CC(=O)c1cccc(C(C)=O)n1.Nc1ccccc1-c1ccccc1.Nc1ccccc1-c1ccccc1.[Co]. The first kappa shape index (κ1) is 30.7. The summed E-state index contributed by atoms with van der Waals surface area (Å²) in [6, 6.07) is 40.9. The second-order valence-corrected chi connectivity index (χ2v) is 8.43. The van der Waals surface area contributed by atoms with Crippen LogP contribution in [0.4, 0.5) is 11.4 Å². The van der Waals surface area contributed by atoms with Gasteiger partial charge in [-0.2, -0.15) is 0 Å². The van der Waals surface area contributed by atoms with Crippen molar-refractivity contribution in [2.75, 3.05) is 11.5 Å². The van der Waals surface area contributed by atoms with Crippen molar-refractivity contribution in [1.82, 2.24) is 4.98 Å². The van der Waals surface area contributed by atoms with Gasteiger partial charge in [-0.05, 0) is 35.4 Å². The number of nitrogens with zero attached hydrogens (tertiary/aromatic N) is 1. The summed E-state index contributed by atoms with van der Waals surface area (Å²) in [6.07, 6.45) is 0. The summed E-state index contributed by atoms with van der Waals surface area (Å²) in [5.41, 5.74) is 18.6. The first-order chi connectivity index (χ1) is 18.4. The molecule has 0 saturated heterocycles. The smallest absolute Gasteiger partial charge is 0.178 e. The molecule has 0 aliphatic carbocycles. The number of anilines is 2. The summed E-state index contributed by atoms with van der Waals surface area (Å²) in [5.74, 6) is -0.254. The minimum atomic E-state index is -0.127. The Hall–Kier alpha value is -4.52. The summed E-state index contributed by atoms with van der Waals surface area (Å²) in [7, 11) is 0.